The third-order valence-electron chi connectivity index (χ3n) is 3.06. The number of carboxylic acid groups (broad SMARTS) is 1. The Morgan fingerprint density at radius 3 is 2.62 bits per heavy atom. The monoisotopic (exact) mass is 287 g/mol. The van der Waals surface area contributed by atoms with Gasteiger partial charge in [-0.3, -0.25) is 0 Å². The predicted octanol–water partition coefficient (Wildman–Crippen LogP) is 1.36. The summed E-state index contributed by atoms with van der Waals surface area (Å²) in [6.07, 6.45) is 1.33. The number of hydrogen-bond donors (Lipinski definition) is 3. The summed E-state index contributed by atoms with van der Waals surface area (Å²) in [4.78, 5) is 17.1. The molecule has 0 amide bonds. The molecule has 0 unspecified atom stereocenters. The highest BCUT2D eigenvalue weighted by Gasteiger charge is 2.14. The number of rotatable bonds is 6. The lowest BCUT2D eigenvalue weighted by Gasteiger charge is -2.23. The minimum Gasteiger partial charge on any atom is -0.478 e. The molecule has 0 bridgehead atoms. The van der Waals surface area contributed by atoms with Gasteiger partial charge in [-0.15, -0.1) is 0 Å². The number of nitrogen functional groups attached to an aromatic ring is 1. The van der Waals surface area contributed by atoms with E-state index in [0.717, 1.165) is 5.56 Å². The lowest BCUT2D eigenvalue weighted by molar-refractivity contribution is 0.0698. The van der Waals surface area contributed by atoms with Crippen LogP contribution < -0.4 is 10.6 Å². The molecular weight excluding hydrogens is 270 g/mol. The van der Waals surface area contributed by atoms with Crippen LogP contribution >= 0.6 is 0 Å². The molecule has 0 atom stereocenters. The van der Waals surface area contributed by atoms with Gasteiger partial charge < -0.3 is 20.8 Å². The number of carbonyl (C=O) groups is 1. The molecule has 0 saturated heterocycles. The number of carboxylic acids is 1. The number of aliphatic hydroxyl groups excluding tert-OH is 1. The van der Waals surface area contributed by atoms with Crippen molar-refractivity contribution in [2.24, 2.45) is 0 Å². The Balaban J connectivity index is 2.29. The van der Waals surface area contributed by atoms with E-state index in [2.05, 4.69) is 4.98 Å². The minimum absolute atomic E-state index is 0.0102. The number of pyridine rings is 1. The van der Waals surface area contributed by atoms with E-state index in [4.69, 9.17) is 10.8 Å². The van der Waals surface area contributed by atoms with Crippen molar-refractivity contribution in [1.82, 2.24) is 4.98 Å². The maximum Gasteiger partial charge on any atom is 0.337 e. The van der Waals surface area contributed by atoms with Gasteiger partial charge in [0.2, 0.25) is 0 Å². The molecule has 0 spiro atoms. The van der Waals surface area contributed by atoms with Crippen LogP contribution in [0.5, 0.6) is 0 Å². The van der Waals surface area contributed by atoms with Crippen molar-refractivity contribution in [3.63, 3.8) is 0 Å². The van der Waals surface area contributed by atoms with E-state index in [1.807, 2.05) is 30.3 Å². The molecule has 2 rings (SSSR count). The molecule has 0 aliphatic carbocycles. The van der Waals surface area contributed by atoms with Crippen molar-refractivity contribution in [2.75, 3.05) is 23.8 Å². The summed E-state index contributed by atoms with van der Waals surface area (Å²) in [6.45, 7) is 0.823. The second-order valence-corrected chi connectivity index (χ2v) is 4.57. The third-order valence-corrected chi connectivity index (χ3v) is 3.06. The maximum atomic E-state index is 11.1. The van der Waals surface area contributed by atoms with E-state index in [0.29, 0.717) is 18.9 Å². The Bertz CT molecular complexity index is 617. The van der Waals surface area contributed by atoms with E-state index in [1.54, 1.807) is 4.90 Å². The van der Waals surface area contributed by atoms with Crippen LogP contribution in [0, 0.1) is 0 Å². The molecule has 6 heteroatoms. The quantitative estimate of drug-likeness (QED) is 0.742. The van der Waals surface area contributed by atoms with Gasteiger partial charge in [0.05, 0.1) is 24.1 Å². The Labute approximate surface area is 122 Å². The molecule has 1 aromatic heterocycles. The lowest BCUT2D eigenvalue weighted by Crippen LogP contribution is -2.27. The highest BCUT2D eigenvalue weighted by atomic mass is 16.4. The first-order chi connectivity index (χ1) is 10.1. The number of hydrogen-bond acceptors (Lipinski definition) is 5. The van der Waals surface area contributed by atoms with Crippen LogP contribution in [-0.2, 0) is 6.54 Å². The van der Waals surface area contributed by atoms with Gasteiger partial charge in [0.1, 0.15) is 5.82 Å². The summed E-state index contributed by atoms with van der Waals surface area (Å²) >= 11 is 0. The number of anilines is 2. The highest BCUT2D eigenvalue weighted by Crippen LogP contribution is 2.20. The molecule has 4 N–H and O–H groups in total. The van der Waals surface area contributed by atoms with Crippen LogP contribution in [0.2, 0.25) is 0 Å². The first-order valence-corrected chi connectivity index (χ1v) is 6.50. The van der Waals surface area contributed by atoms with Crippen molar-refractivity contribution in [3.05, 3.63) is 53.7 Å². The fourth-order valence-corrected chi connectivity index (χ4v) is 2.01. The van der Waals surface area contributed by atoms with Gasteiger partial charge in [-0.1, -0.05) is 30.3 Å². The Morgan fingerprint density at radius 1 is 1.29 bits per heavy atom. The Morgan fingerprint density at radius 2 is 2.00 bits per heavy atom. The molecule has 1 aromatic carbocycles. The van der Waals surface area contributed by atoms with E-state index in [-0.39, 0.29) is 17.9 Å². The summed E-state index contributed by atoms with van der Waals surface area (Å²) in [5.74, 6) is -0.626. The lowest BCUT2D eigenvalue weighted by atomic mass is 10.2. The molecule has 0 aliphatic rings. The number of aliphatic hydroxyl groups is 1. The van der Waals surface area contributed by atoms with Gasteiger partial charge in [0, 0.05) is 13.1 Å². The van der Waals surface area contributed by atoms with Crippen LogP contribution in [0.1, 0.15) is 15.9 Å². The first-order valence-electron chi connectivity index (χ1n) is 6.50. The van der Waals surface area contributed by atoms with Gasteiger partial charge >= 0.3 is 5.97 Å². The molecule has 0 fully saturated rings. The zero-order chi connectivity index (χ0) is 15.2. The molecule has 0 saturated carbocycles. The van der Waals surface area contributed by atoms with Crippen molar-refractivity contribution in [2.45, 2.75) is 6.54 Å². The second kappa shape index (κ2) is 6.71. The summed E-state index contributed by atoms with van der Waals surface area (Å²) < 4.78 is 0. The Kier molecular flexibility index (Phi) is 4.73. The van der Waals surface area contributed by atoms with Crippen LogP contribution in [0.4, 0.5) is 11.5 Å². The van der Waals surface area contributed by atoms with Crippen LogP contribution in [0.3, 0.4) is 0 Å². The maximum absolute atomic E-state index is 11.1. The van der Waals surface area contributed by atoms with Gasteiger partial charge in [0.15, 0.2) is 0 Å². The average Bonchev–Trinajstić information content (AvgIpc) is 2.48. The van der Waals surface area contributed by atoms with Gasteiger partial charge in [-0.2, -0.15) is 0 Å². The number of aromatic nitrogens is 1. The number of benzene rings is 1. The van der Waals surface area contributed by atoms with Crippen molar-refractivity contribution >= 4 is 17.5 Å². The van der Waals surface area contributed by atoms with Gasteiger partial charge in [-0.25, -0.2) is 9.78 Å². The van der Waals surface area contributed by atoms with Crippen molar-refractivity contribution in [3.8, 4) is 0 Å². The van der Waals surface area contributed by atoms with E-state index in [1.165, 1.54) is 12.3 Å². The fourth-order valence-electron chi connectivity index (χ4n) is 2.01. The smallest absolute Gasteiger partial charge is 0.337 e. The minimum atomic E-state index is -1.10. The topological polar surface area (TPSA) is 99.7 Å². The standard InChI is InChI=1S/C15H17N3O3/c16-13-9-17-14(8-12(13)15(20)21)18(6-7-19)10-11-4-2-1-3-5-11/h1-5,8-9,19H,6-7,10,16H2,(H,20,21). The molecule has 0 aliphatic heterocycles. The molecule has 21 heavy (non-hydrogen) atoms. The van der Waals surface area contributed by atoms with Crippen LogP contribution in [0.15, 0.2) is 42.6 Å². The number of nitrogens with two attached hydrogens (primary N) is 1. The largest absolute Gasteiger partial charge is 0.478 e. The highest BCUT2D eigenvalue weighted by molar-refractivity contribution is 5.94. The second-order valence-electron chi connectivity index (χ2n) is 4.57. The third kappa shape index (κ3) is 3.70. The van der Waals surface area contributed by atoms with E-state index in [9.17, 15) is 9.90 Å². The molecule has 1 heterocycles. The SMILES string of the molecule is Nc1cnc(N(CCO)Cc2ccccc2)cc1C(=O)O. The Hall–Kier alpha value is -2.60. The summed E-state index contributed by atoms with van der Waals surface area (Å²) in [7, 11) is 0. The summed E-state index contributed by atoms with van der Waals surface area (Å²) in [5.41, 5.74) is 6.78. The zero-order valence-corrected chi connectivity index (χ0v) is 11.4. The summed E-state index contributed by atoms with van der Waals surface area (Å²) in [5, 5.41) is 18.3. The summed E-state index contributed by atoms with van der Waals surface area (Å²) in [6, 6.07) is 11.1. The number of nitrogens with zero attached hydrogens (tertiary/aromatic N) is 2. The zero-order valence-electron chi connectivity index (χ0n) is 11.4. The van der Waals surface area contributed by atoms with Gasteiger partial charge in [-0.05, 0) is 11.6 Å². The first kappa shape index (κ1) is 14.8. The van der Waals surface area contributed by atoms with Crippen LogP contribution in [0.25, 0.3) is 0 Å². The normalized spacial score (nSPS) is 10.3. The van der Waals surface area contributed by atoms with E-state index < -0.39 is 5.97 Å². The van der Waals surface area contributed by atoms with Crippen molar-refractivity contribution < 1.29 is 15.0 Å². The molecular formula is C15H17N3O3. The van der Waals surface area contributed by atoms with Crippen LogP contribution in [-0.4, -0.2) is 34.3 Å². The molecule has 110 valence electrons. The van der Waals surface area contributed by atoms with E-state index >= 15 is 0 Å². The molecule has 2 aromatic rings. The fraction of sp³-hybridized carbons (Fsp3) is 0.200. The molecule has 0 radical (unpaired) electrons. The molecule has 6 nitrogen and oxygen atoms in total. The van der Waals surface area contributed by atoms with Gasteiger partial charge in [0.25, 0.3) is 0 Å². The van der Waals surface area contributed by atoms with Crippen molar-refractivity contribution in [1.29, 1.82) is 0 Å². The average molecular weight is 287 g/mol. The number of aromatic carboxylic acids is 1. The predicted molar refractivity (Wildman–Crippen MR) is 80.2 cm³/mol.